The number of H-pyrrole nitrogens is 1. The van der Waals surface area contributed by atoms with Gasteiger partial charge >= 0.3 is 5.69 Å². The summed E-state index contributed by atoms with van der Waals surface area (Å²) in [4.78, 5) is 15.8. The van der Waals surface area contributed by atoms with E-state index in [-0.39, 0.29) is 5.69 Å². The number of pyridine rings is 1. The second kappa shape index (κ2) is 6.84. The molecule has 0 saturated heterocycles. The van der Waals surface area contributed by atoms with Gasteiger partial charge < -0.3 is 9.73 Å². The monoisotopic (exact) mass is 341 g/mol. The third-order valence-electron chi connectivity index (χ3n) is 5.21. The lowest BCUT2D eigenvalue weighted by atomic mass is 9.82. The van der Waals surface area contributed by atoms with Crippen molar-refractivity contribution in [2.75, 3.05) is 0 Å². The maximum atomic E-state index is 11.6. The minimum atomic E-state index is -0.148. The molecule has 2 N–H and O–H groups in total. The second-order valence-corrected chi connectivity index (χ2v) is 6.85. The Bertz CT molecular complexity index is 876. The fourth-order valence-corrected chi connectivity index (χ4v) is 3.76. The molecule has 0 radical (unpaired) electrons. The Morgan fingerprint density at radius 2 is 2.28 bits per heavy atom. The van der Waals surface area contributed by atoms with E-state index in [1.165, 1.54) is 12.8 Å². The molecule has 4 rings (SSSR count). The molecule has 1 fully saturated rings. The second-order valence-electron chi connectivity index (χ2n) is 6.85. The molecule has 0 unspecified atom stereocenters. The lowest BCUT2D eigenvalue weighted by molar-refractivity contribution is 0.250. The molecule has 7 heteroatoms. The summed E-state index contributed by atoms with van der Waals surface area (Å²) in [6.45, 7) is 0.691. The van der Waals surface area contributed by atoms with E-state index in [0.717, 1.165) is 36.2 Å². The number of fused-ring (bicyclic) bond motifs is 1. The number of furan rings is 1. The van der Waals surface area contributed by atoms with Crippen LogP contribution < -0.4 is 11.0 Å². The lowest BCUT2D eigenvalue weighted by Crippen LogP contribution is -2.39. The van der Waals surface area contributed by atoms with E-state index < -0.39 is 0 Å². The van der Waals surface area contributed by atoms with E-state index >= 15 is 0 Å². The molecule has 1 aliphatic rings. The highest BCUT2D eigenvalue weighted by molar-refractivity contribution is 5.73. The van der Waals surface area contributed by atoms with Crippen LogP contribution in [0.1, 0.15) is 37.3 Å². The Hall–Kier alpha value is -2.41. The third-order valence-corrected chi connectivity index (χ3v) is 5.21. The van der Waals surface area contributed by atoms with Gasteiger partial charge in [0.25, 0.3) is 0 Å². The first-order valence-corrected chi connectivity index (χ1v) is 8.88. The van der Waals surface area contributed by atoms with Crippen molar-refractivity contribution in [3.63, 3.8) is 0 Å². The quantitative estimate of drug-likeness (QED) is 0.742. The zero-order valence-electron chi connectivity index (χ0n) is 14.4. The molecule has 7 nitrogen and oxygen atoms in total. The molecule has 0 bridgehead atoms. The van der Waals surface area contributed by atoms with E-state index in [1.54, 1.807) is 17.8 Å². The van der Waals surface area contributed by atoms with Crippen molar-refractivity contribution in [1.82, 2.24) is 25.1 Å². The Morgan fingerprint density at radius 1 is 1.40 bits per heavy atom. The van der Waals surface area contributed by atoms with Crippen molar-refractivity contribution in [2.45, 2.75) is 44.7 Å². The van der Waals surface area contributed by atoms with Gasteiger partial charge in [-0.1, -0.05) is 12.8 Å². The van der Waals surface area contributed by atoms with E-state index in [1.807, 2.05) is 18.2 Å². The highest BCUT2D eigenvalue weighted by Crippen LogP contribution is 2.27. The summed E-state index contributed by atoms with van der Waals surface area (Å²) in [7, 11) is 1.77. The van der Waals surface area contributed by atoms with Crippen LogP contribution in [0, 0.1) is 5.92 Å². The number of hydrogen-bond donors (Lipinski definition) is 2. The summed E-state index contributed by atoms with van der Waals surface area (Å²) in [6, 6.07) is 6.38. The van der Waals surface area contributed by atoms with E-state index in [2.05, 4.69) is 20.5 Å². The van der Waals surface area contributed by atoms with Crippen molar-refractivity contribution < 1.29 is 4.42 Å². The van der Waals surface area contributed by atoms with Gasteiger partial charge in [0.1, 0.15) is 11.6 Å². The Balaban J connectivity index is 1.43. The highest BCUT2D eigenvalue weighted by atomic mass is 16.3. The molecule has 0 spiro atoms. The molecule has 0 aliphatic heterocycles. The lowest BCUT2D eigenvalue weighted by Gasteiger charge is -2.32. The molecule has 1 saturated carbocycles. The van der Waals surface area contributed by atoms with Crippen LogP contribution in [0.25, 0.3) is 11.1 Å². The first-order chi connectivity index (χ1) is 12.2. The van der Waals surface area contributed by atoms with Gasteiger partial charge in [0.2, 0.25) is 5.71 Å². The Kier molecular flexibility index (Phi) is 4.40. The van der Waals surface area contributed by atoms with Gasteiger partial charge in [-0.05, 0) is 37.0 Å². The molecule has 1 aliphatic carbocycles. The minimum Gasteiger partial charge on any atom is -0.441 e. The minimum absolute atomic E-state index is 0.148. The fourth-order valence-electron chi connectivity index (χ4n) is 3.76. The van der Waals surface area contributed by atoms with Gasteiger partial charge in [0.15, 0.2) is 0 Å². The van der Waals surface area contributed by atoms with Gasteiger partial charge in [0, 0.05) is 31.1 Å². The van der Waals surface area contributed by atoms with Gasteiger partial charge in [-0.3, -0.25) is 4.57 Å². The predicted molar refractivity (Wildman–Crippen MR) is 94.1 cm³/mol. The van der Waals surface area contributed by atoms with Gasteiger partial charge in [-0.25, -0.2) is 14.9 Å². The number of hydrogen-bond acceptors (Lipinski definition) is 5. The van der Waals surface area contributed by atoms with E-state index in [4.69, 9.17) is 4.42 Å². The van der Waals surface area contributed by atoms with Crippen LogP contribution in [0.5, 0.6) is 0 Å². The van der Waals surface area contributed by atoms with E-state index in [9.17, 15) is 4.79 Å². The average Bonchev–Trinajstić information content (AvgIpc) is 3.19. The summed E-state index contributed by atoms with van der Waals surface area (Å²) < 4.78 is 7.41. The normalized spacial score (nSPS) is 21.0. The largest absolute Gasteiger partial charge is 0.441 e. The summed E-state index contributed by atoms with van der Waals surface area (Å²) >= 11 is 0. The van der Waals surface area contributed by atoms with Crippen LogP contribution in [0.3, 0.4) is 0 Å². The van der Waals surface area contributed by atoms with Crippen molar-refractivity contribution in [2.24, 2.45) is 13.0 Å². The highest BCUT2D eigenvalue weighted by Gasteiger charge is 2.26. The van der Waals surface area contributed by atoms with Crippen molar-refractivity contribution in [3.05, 3.63) is 46.5 Å². The summed E-state index contributed by atoms with van der Waals surface area (Å²) in [6.07, 6.45) is 7.32. The smallest absolute Gasteiger partial charge is 0.343 e. The first kappa shape index (κ1) is 16.1. The Morgan fingerprint density at radius 3 is 3.08 bits per heavy atom. The molecule has 132 valence electrons. The van der Waals surface area contributed by atoms with Crippen LogP contribution >= 0.6 is 0 Å². The van der Waals surface area contributed by atoms with Crippen molar-refractivity contribution >= 4 is 11.1 Å². The maximum absolute atomic E-state index is 11.6. The fraction of sp³-hybridized carbons (Fsp3) is 0.500. The van der Waals surface area contributed by atoms with Crippen LogP contribution in [-0.4, -0.2) is 25.8 Å². The molecule has 3 heterocycles. The first-order valence-electron chi connectivity index (χ1n) is 8.88. The van der Waals surface area contributed by atoms with E-state index in [0.29, 0.717) is 24.2 Å². The molecular formula is C18H23N5O2. The summed E-state index contributed by atoms with van der Waals surface area (Å²) in [5.41, 5.74) is 0.538. The zero-order chi connectivity index (χ0) is 17.2. The van der Waals surface area contributed by atoms with Crippen LogP contribution in [0.2, 0.25) is 0 Å². The number of nitrogens with zero attached hydrogens (tertiary/aromatic N) is 3. The number of nitrogens with one attached hydrogen (secondary N) is 2. The summed E-state index contributed by atoms with van der Waals surface area (Å²) in [5.74, 6) is 2.21. The standard InChI is InChI=1S/C18H23N5O2/c1-23-16(21-22-18(23)24)10-12-5-2-3-7-15(12)20-11-14-9-13-6-4-8-19-17(13)25-14/h4,6,8-9,12,15,20H,2-3,5,7,10-11H2,1H3,(H,22,24)/t12-,15-/m1/s1. The number of rotatable bonds is 5. The molecule has 3 aromatic rings. The predicted octanol–water partition coefficient (Wildman–Crippen LogP) is 2.14. The van der Waals surface area contributed by atoms with Crippen molar-refractivity contribution in [1.29, 1.82) is 0 Å². The SMILES string of the molecule is Cn1c(C[C@H]2CCCC[C@H]2NCc2cc3cccnc3o2)n[nH]c1=O. The maximum Gasteiger partial charge on any atom is 0.343 e. The third kappa shape index (κ3) is 3.37. The van der Waals surface area contributed by atoms with Crippen molar-refractivity contribution in [3.8, 4) is 0 Å². The van der Waals surface area contributed by atoms with Crippen LogP contribution in [0.15, 0.2) is 33.6 Å². The van der Waals surface area contributed by atoms with Crippen LogP contribution in [0.4, 0.5) is 0 Å². The topological polar surface area (TPSA) is 88.7 Å². The molecule has 2 atom stereocenters. The number of aromatic amines is 1. The average molecular weight is 341 g/mol. The van der Waals surface area contributed by atoms with Crippen LogP contribution in [-0.2, 0) is 20.0 Å². The molecule has 0 aromatic carbocycles. The Labute approximate surface area is 145 Å². The molecule has 0 amide bonds. The molecule has 25 heavy (non-hydrogen) atoms. The zero-order valence-corrected chi connectivity index (χ0v) is 14.4. The van der Waals surface area contributed by atoms with Gasteiger partial charge in [-0.2, -0.15) is 5.10 Å². The molecule has 3 aromatic heterocycles. The van der Waals surface area contributed by atoms with Gasteiger partial charge in [-0.15, -0.1) is 0 Å². The summed E-state index contributed by atoms with van der Waals surface area (Å²) in [5, 5.41) is 11.4. The number of aromatic nitrogens is 4. The van der Waals surface area contributed by atoms with Gasteiger partial charge in [0.05, 0.1) is 6.54 Å². The molecular weight excluding hydrogens is 318 g/mol.